The highest BCUT2D eigenvalue weighted by molar-refractivity contribution is 7.89. The number of H-pyrrole nitrogens is 1. The summed E-state index contributed by atoms with van der Waals surface area (Å²) in [4.78, 5) is 3.43. The molecule has 27 heavy (non-hydrogen) atoms. The van der Waals surface area contributed by atoms with E-state index in [-0.39, 0.29) is 11.4 Å². The lowest BCUT2D eigenvalue weighted by Crippen LogP contribution is -2.26. The third-order valence-electron chi connectivity index (χ3n) is 4.43. The van der Waals surface area contributed by atoms with Gasteiger partial charge in [0.05, 0.1) is 24.1 Å². The van der Waals surface area contributed by atoms with Crippen LogP contribution in [0.1, 0.15) is 11.3 Å². The first kappa shape index (κ1) is 19.5. The van der Waals surface area contributed by atoms with E-state index in [1.165, 1.54) is 25.3 Å². The zero-order valence-corrected chi connectivity index (χ0v) is 16.9. The summed E-state index contributed by atoms with van der Waals surface area (Å²) in [6.07, 6.45) is 0.545. The number of nitrogens with one attached hydrogen (secondary N) is 2. The lowest BCUT2D eigenvalue weighted by Gasteiger charge is -2.09. The van der Waals surface area contributed by atoms with E-state index in [2.05, 4.69) is 9.71 Å². The predicted octanol–water partition coefficient (Wildman–Crippen LogP) is 3.67. The van der Waals surface area contributed by atoms with Crippen molar-refractivity contribution in [3.63, 3.8) is 0 Å². The minimum absolute atomic E-state index is 0.112. The van der Waals surface area contributed by atoms with E-state index in [1.807, 2.05) is 25.1 Å². The Morgan fingerprint density at radius 3 is 2.59 bits per heavy atom. The molecule has 1 heterocycles. The van der Waals surface area contributed by atoms with Crippen molar-refractivity contribution < 1.29 is 17.9 Å². The number of aromatic nitrogens is 1. The quantitative estimate of drug-likeness (QED) is 0.625. The SMILES string of the molecule is COc1ccc2[nH]c(C)c(CCNS(=O)(=O)c3ccc(Cl)c(OC)c3)c2c1. The second kappa shape index (κ2) is 7.80. The summed E-state index contributed by atoms with van der Waals surface area (Å²) in [6, 6.07) is 10.2. The van der Waals surface area contributed by atoms with Crippen molar-refractivity contribution in [2.45, 2.75) is 18.2 Å². The van der Waals surface area contributed by atoms with Gasteiger partial charge >= 0.3 is 0 Å². The van der Waals surface area contributed by atoms with Gasteiger partial charge in [0.1, 0.15) is 11.5 Å². The highest BCUT2D eigenvalue weighted by Crippen LogP contribution is 2.28. The van der Waals surface area contributed by atoms with E-state index >= 15 is 0 Å². The molecule has 0 spiro atoms. The molecule has 0 unspecified atom stereocenters. The molecule has 3 rings (SSSR count). The van der Waals surface area contributed by atoms with E-state index in [9.17, 15) is 8.42 Å². The minimum Gasteiger partial charge on any atom is -0.497 e. The Kier molecular flexibility index (Phi) is 5.64. The van der Waals surface area contributed by atoms with Crippen molar-refractivity contribution in [2.24, 2.45) is 0 Å². The van der Waals surface area contributed by atoms with E-state index < -0.39 is 10.0 Å². The van der Waals surface area contributed by atoms with Crippen LogP contribution in [0.25, 0.3) is 10.9 Å². The molecule has 0 saturated heterocycles. The number of ether oxygens (including phenoxy) is 2. The highest BCUT2D eigenvalue weighted by atomic mass is 35.5. The summed E-state index contributed by atoms with van der Waals surface area (Å²) in [6.45, 7) is 2.23. The number of benzene rings is 2. The molecule has 8 heteroatoms. The Bertz CT molecular complexity index is 1080. The summed E-state index contributed by atoms with van der Waals surface area (Å²) in [5, 5.41) is 1.39. The molecule has 2 aromatic carbocycles. The zero-order valence-electron chi connectivity index (χ0n) is 15.3. The number of aromatic amines is 1. The maximum Gasteiger partial charge on any atom is 0.240 e. The van der Waals surface area contributed by atoms with Gasteiger partial charge in [0.2, 0.25) is 10.0 Å². The number of aryl methyl sites for hydroxylation is 1. The van der Waals surface area contributed by atoms with Gasteiger partial charge in [0.25, 0.3) is 0 Å². The van der Waals surface area contributed by atoms with Crippen molar-refractivity contribution in [1.29, 1.82) is 0 Å². The topological polar surface area (TPSA) is 80.4 Å². The monoisotopic (exact) mass is 408 g/mol. The molecule has 0 aliphatic heterocycles. The van der Waals surface area contributed by atoms with Crippen LogP contribution in [0.5, 0.6) is 11.5 Å². The van der Waals surface area contributed by atoms with Crippen LogP contribution >= 0.6 is 11.6 Å². The smallest absolute Gasteiger partial charge is 0.240 e. The standard InChI is InChI=1S/C19H21ClN2O4S/c1-12-15(16-10-13(25-2)4-7-18(16)22-12)8-9-21-27(23,24)14-5-6-17(20)19(11-14)26-3/h4-7,10-11,21-22H,8-9H2,1-3H3. The third kappa shape index (κ3) is 4.05. The number of fused-ring (bicyclic) bond motifs is 1. The van der Waals surface area contributed by atoms with Crippen LogP contribution in [0.15, 0.2) is 41.3 Å². The fourth-order valence-electron chi connectivity index (χ4n) is 3.01. The Hall–Kier alpha value is -2.22. The van der Waals surface area contributed by atoms with E-state index in [4.69, 9.17) is 21.1 Å². The summed E-state index contributed by atoms with van der Waals surface area (Å²) in [7, 11) is -0.602. The van der Waals surface area contributed by atoms with Crippen molar-refractivity contribution >= 4 is 32.5 Å². The molecule has 0 saturated carbocycles. The van der Waals surface area contributed by atoms with Gasteiger partial charge in [-0.15, -0.1) is 0 Å². The van der Waals surface area contributed by atoms with E-state index in [1.54, 1.807) is 7.11 Å². The fourth-order valence-corrected chi connectivity index (χ4v) is 4.25. The summed E-state index contributed by atoms with van der Waals surface area (Å²) < 4.78 is 38.1. The number of hydrogen-bond donors (Lipinski definition) is 2. The Morgan fingerprint density at radius 2 is 1.89 bits per heavy atom. The summed E-state index contributed by atoms with van der Waals surface area (Å²) in [5.41, 5.74) is 3.06. The maximum atomic E-state index is 12.6. The normalized spacial score (nSPS) is 11.7. The second-order valence-corrected chi connectivity index (χ2v) is 8.26. The molecule has 0 atom stereocenters. The first-order valence-electron chi connectivity index (χ1n) is 8.34. The highest BCUT2D eigenvalue weighted by Gasteiger charge is 2.17. The van der Waals surface area contributed by atoms with Crippen LogP contribution in [0.3, 0.4) is 0 Å². The van der Waals surface area contributed by atoms with Crippen LogP contribution in [0.2, 0.25) is 5.02 Å². The van der Waals surface area contributed by atoms with Crippen molar-refractivity contribution in [3.05, 3.63) is 52.7 Å². The lowest BCUT2D eigenvalue weighted by atomic mass is 10.1. The maximum absolute atomic E-state index is 12.6. The van der Waals surface area contributed by atoms with E-state index in [0.717, 1.165) is 27.9 Å². The molecule has 0 bridgehead atoms. The van der Waals surface area contributed by atoms with Crippen molar-refractivity contribution in [2.75, 3.05) is 20.8 Å². The number of rotatable bonds is 7. The fraction of sp³-hybridized carbons (Fsp3) is 0.263. The molecule has 0 aliphatic carbocycles. The van der Waals surface area contributed by atoms with Gasteiger partial charge in [0.15, 0.2) is 0 Å². The first-order valence-corrected chi connectivity index (χ1v) is 10.2. The van der Waals surface area contributed by atoms with Gasteiger partial charge in [-0.3, -0.25) is 0 Å². The summed E-state index contributed by atoms with van der Waals surface area (Å²) in [5.74, 6) is 1.08. The first-order chi connectivity index (χ1) is 12.9. The van der Waals surface area contributed by atoms with Crippen LogP contribution in [-0.2, 0) is 16.4 Å². The minimum atomic E-state index is -3.67. The van der Waals surface area contributed by atoms with Crippen molar-refractivity contribution in [3.8, 4) is 11.5 Å². The largest absolute Gasteiger partial charge is 0.497 e. The molecular weight excluding hydrogens is 388 g/mol. The van der Waals surface area contributed by atoms with Crippen LogP contribution in [0, 0.1) is 6.92 Å². The lowest BCUT2D eigenvalue weighted by molar-refractivity contribution is 0.413. The predicted molar refractivity (Wildman–Crippen MR) is 106 cm³/mol. The summed E-state index contributed by atoms with van der Waals surface area (Å²) >= 11 is 5.96. The zero-order chi connectivity index (χ0) is 19.6. The second-order valence-electron chi connectivity index (χ2n) is 6.08. The number of halogens is 1. The molecule has 0 aliphatic rings. The molecule has 0 amide bonds. The molecule has 3 aromatic rings. The van der Waals surface area contributed by atoms with Gasteiger partial charge < -0.3 is 14.5 Å². The number of sulfonamides is 1. The Balaban J connectivity index is 1.78. The van der Waals surface area contributed by atoms with Gasteiger partial charge in [-0.2, -0.15) is 0 Å². The Morgan fingerprint density at radius 1 is 1.11 bits per heavy atom. The van der Waals surface area contributed by atoms with Gasteiger partial charge in [0, 0.05) is 29.2 Å². The molecule has 6 nitrogen and oxygen atoms in total. The van der Waals surface area contributed by atoms with Gasteiger partial charge in [-0.05, 0) is 49.2 Å². The third-order valence-corrected chi connectivity index (χ3v) is 6.20. The van der Waals surface area contributed by atoms with Gasteiger partial charge in [-0.25, -0.2) is 13.1 Å². The number of hydrogen-bond acceptors (Lipinski definition) is 4. The average molecular weight is 409 g/mol. The molecule has 0 fully saturated rings. The molecule has 0 radical (unpaired) electrons. The Labute approximate surface area is 163 Å². The average Bonchev–Trinajstić information content (AvgIpc) is 2.96. The van der Waals surface area contributed by atoms with E-state index in [0.29, 0.717) is 17.2 Å². The number of methoxy groups -OCH3 is 2. The molecular formula is C19H21ClN2O4S. The molecule has 144 valence electrons. The van der Waals surface area contributed by atoms with Crippen molar-refractivity contribution in [1.82, 2.24) is 9.71 Å². The van der Waals surface area contributed by atoms with Gasteiger partial charge in [-0.1, -0.05) is 11.6 Å². The van der Waals surface area contributed by atoms with Crippen LogP contribution in [0.4, 0.5) is 0 Å². The molecule has 1 aromatic heterocycles. The van der Waals surface area contributed by atoms with Crippen LogP contribution < -0.4 is 14.2 Å². The van der Waals surface area contributed by atoms with Crippen LogP contribution in [-0.4, -0.2) is 34.2 Å². The molecule has 2 N–H and O–H groups in total.